The summed E-state index contributed by atoms with van der Waals surface area (Å²) in [5, 5.41) is 0. The number of carbonyl (C=O) groups is 1. The van der Waals surface area contributed by atoms with Crippen molar-refractivity contribution in [2.45, 2.75) is 0 Å². The van der Waals surface area contributed by atoms with Crippen LogP contribution in [0.4, 0.5) is 0 Å². The van der Waals surface area contributed by atoms with Gasteiger partial charge in [0.05, 0.1) is 0 Å². The van der Waals surface area contributed by atoms with Crippen LogP contribution in [0.1, 0.15) is 0 Å². The van der Waals surface area contributed by atoms with E-state index in [1.165, 1.54) is 4.90 Å². The molecule has 7 heavy (non-hydrogen) atoms. The molecule has 0 aliphatic carbocycles. The maximum Gasteiger partial charge on any atom is 1.00 e. The van der Waals surface area contributed by atoms with Gasteiger partial charge in [-0.15, -0.1) is 0 Å². The summed E-state index contributed by atoms with van der Waals surface area (Å²) >= 11 is 0. The Balaban J connectivity index is -0.0000000800. The van der Waals surface area contributed by atoms with Gasteiger partial charge in [0.25, 0.3) is 0 Å². The van der Waals surface area contributed by atoms with E-state index in [4.69, 9.17) is 0 Å². The van der Waals surface area contributed by atoms with Crippen molar-refractivity contribution in [2.24, 2.45) is 0 Å². The maximum absolute atomic E-state index is 9.43. The molecule has 0 heterocycles. The average Bonchev–Trinajstić information content (AvgIpc) is 1.38. The molecule has 0 atom stereocenters. The third-order valence-electron chi connectivity index (χ3n) is 0.211. The first-order chi connectivity index (χ1) is 2.27. The molecule has 0 aromatic rings. The average molecular weight is 207 g/mol. The molecule has 0 radical (unpaired) electrons. The van der Waals surface area contributed by atoms with Crippen molar-refractivity contribution >= 4 is 6.41 Å². The van der Waals surface area contributed by atoms with Crippen LogP contribution in [-0.4, -0.2) is 25.4 Å². The molecule has 0 rings (SSSR count). The predicted octanol–water partition coefficient (Wildman–Crippen LogP) is -6.29. The van der Waals surface area contributed by atoms with Crippen LogP contribution < -0.4 is 42.8 Å². The first-order valence-corrected chi connectivity index (χ1v) is 1.39. The first kappa shape index (κ1) is 15.7. The molecular weight excluding hydrogens is 200 g/mol. The van der Waals surface area contributed by atoms with Gasteiger partial charge in [0.2, 0.25) is 6.41 Å². The minimum atomic E-state index is 0. The van der Waals surface area contributed by atoms with Gasteiger partial charge < -0.3 is 28.9 Å². The van der Waals surface area contributed by atoms with E-state index in [0.717, 1.165) is 6.41 Å². The standard InChI is InChI=1S/C3H7NO.HI.Li/c1-4(2)3-5;;/h3H,1-2H3;1H;/q;;+1/p-1. The monoisotopic (exact) mass is 207 g/mol. The van der Waals surface area contributed by atoms with E-state index in [-0.39, 0.29) is 42.8 Å². The van der Waals surface area contributed by atoms with Crippen molar-refractivity contribution in [2.75, 3.05) is 14.1 Å². The maximum atomic E-state index is 9.43. The van der Waals surface area contributed by atoms with Gasteiger partial charge in [0.1, 0.15) is 0 Å². The van der Waals surface area contributed by atoms with Gasteiger partial charge >= 0.3 is 18.9 Å². The summed E-state index contributed by atoms with van der Waals surface area (Å²) in [4.78, 5) is 10.9. The van der Waals surface area contributed by atoms with Crippen LogP contribution in [0.5, 0.6) is 0 Å². The SMILES string of the molecule is CN(C)C=O.[I-].[Li+]. The number of hydrogen-bond acceptors (Lipinski definition) is 1. The van der Waals surface area contributed by atoms with Crippen molar-refractivity contribution in [3.8, 4) is 0 Å². The fraction of sp³-hybridized carbons (Fsp3) is 0.667. The van der Waals surface area contributed by atoms with Gasteiger partial charge in [-0.05, 0) is 0 Å². The molecule has 0 aromatic carbocycles. The molecule has 0 fully saturated rings. The number of rotatable bonds is 1. The Bertz CT molecular complexity index is 41.9. The van der Waals surface area contributed by atoms with Crippen molar-refractivity contribution in [1.82, 2.24) is 4.90 Å². The number of halogens is 1. The molecule has 0 spiro atoms. The Kier molecular flexibility index (Phi) is 22.2. The second kappa shape index (κ2) is 9.93. The molecule has 0 unspecified atom stereocenters. The van der Waals surface area contributed by atoms with Gasteiger partial charge in [0, 0.05) is 14.1 Å². The number of amides is 1. The third kappa shape index (κ3) is 20.0. The molecule has 38 valence electrons. The van der Waals surface area contributed by atoms with E-state index in [0.29, 0.717) is 0 Å². The zero-order valence-corrected chi connectivity index (χ0v) is 6.97. The van der Waals surface area contributed by atoms with Gasteiger partial charge in [0.15, 0.2) is 0 Å². The van der Waals surface area contributed by atoms with E-state index >= 15 is 0 Å². The van der Waals surface area contributed by atoms with Crippen molar-refractivity contribution in [1.29, 1.82) is 0 Å². The summed E-state index contributed by atoms with van der Waals surface area (Å²) in [5.74, 6) is 0. The van der Waals surface area contributed by atoms with Crippen molar-refractivity contribution in [3.63, 3.8) is 0 Å². The summed E-state index contributed by atoms with van der Waals surface area (Å²) in [6.07, 6.45) is 0.750. The second-order valence-corrected chi connectivity index (χ2v) is 1.07. The molecule has 0 N–H and O–H groups in total. The minimum Gasteiger partial charge on any atom is -1.00 e. The van der Waals surface area contributed by atoms with Crippen LogP contribution in [0.25, 0.3) is 0 Å². The summed E-state index contributed by atoms with van der Waals surface area (Å²) in [6, 6.07) is 0. The Morgan fingerprint density at radius 3 is 1.57 bits per heavy atom. The number of hydrogen-bond donors (Lipinski definition) is 0. The topological polar surface area (TPSA) is 20.3 Å². The van der Waals surface area contributed by atoms with E-state index in [1.54, 1.807) is 14.1 Å². The molecular formula is C3H7ILiNO. The predicted molar refractivity (Wildman–Crippen MR) is 19.8 cm³/mol. The van der Waals surface area contributed by atoms with Gasteiger partial charge in [-0.25, -0.2) is 0 Å². The van der Waals surface area contributed by atoms with Gasteiger partial charge in [-0.1, -0.05) is 0 Å². The molecule has 1 amide bonds. The van der Waals surface area contributed by atoms with Crippen molar-refractivity contribution in [3.05, 3.63) is 0 Å². The fourth-order valence-electron chi connectivity index (χ4n) is 0. The smallest absolute Gasteiger partial charge is 1.00 e. The van der Waals surface area contributed by atoms with E-state index in [1.807, 2.05) is 0 Å². The van der Waals surface area contributed by atoms with E-state index < -0.39 is 0 Å². The normalized spacial score (nSPS) is 4.86. The first-order valence-electron chi connectivity index (χ1n) is 1.39. The zero-order chi connectivity index (χ0) is 4.28. The Labute approximate surface area is 72.8 Å². The second-order valence-electron chi connectivity index (χ2n) is 1.07. The molecule has 0 aliphatic rings. The summed E-state index contributed by atoms with van der Waals surface area (Å²) in [7, 11) is 3.38. The van der Waals surface area contributed by atoms with E-state index in [9.17, 15) is 4.79 Å². The molecule has 0 aliphatic heterocycles. The van der Waals surface area contributed by atoms with Crippen LogP contribution in [0.3, 0.4) is 0 Å². The number of carbonyl (C=O) groups excluding carboxylic acids is 1. The Morgan fingerprint density at radius 1 is 1.43 bits per heavy atom. The Morgan fingerprint density at radius 2 is 1.57 bits per heavy atom. The van der Waals surface area contributed by atoms with E-state index in [2.05, 4.69) is 0 Å². The fourth-order valence-corrected chi connectivity index (χ4v) is 0. The van der Waals surface area contributed by atoms with Crippen LogP contribution in [0.15, 0.2) is 0 Å². The number of nitrogens with zero attached hydrogens (tertiary/aromatic N) is 1. The molecule has 4 heteroatoms. The van der Waals surface area contributed by atoms with Crippen LogP contribution >= 0.6 is 0 Å². The largest absolute Gasteiger partial charge is 1.00 e. The van der Waals surface area contributed by atoms with Crippen LogP contribution in [-0.2, 0) is 4.79 Å². The summed E-state index contributed by atoms with van der Waals surface area (Å²) in [5.41, 5.74) is 0. The quantitative estimate of drug-likeness (QED) is 0.238. The molecule has 0 bridgehead atoms. The van der Waals surface area contributed by atoms with Gasteiger partial charge in [-0.3, -0.25) is 4.79 Å². The van der Waals surface area contributed by atoms with Gasteiger partial charge in [-0.2, -0.15) is 0 Å². The third-order valence-corrected chi connectivity index (χ3v) is 0.211. The molecule has 0 saturated heterocycles. The van der Waals surface area contributed by atoms with Crippen LogP contribution in [0.2, 0.25) is 0 Å². The minimum absolute atomic E-state index is 0. The Hall–Kier alpha value is 0.797. The molecule has 0 aromatic heterocycles. The summed E-state index contributed by atoms with van der Waals surface area (Å²) in [6.45, 7) is 0. The molecule has 2 nitrogen and oxygen atoms in total. The molecule has 0 saturated carbocycles. The van der Waals surface area contributed by atoms with Crippen LogP contribution in [0, 0.1) is 0 Å². The zero-order valence-electron chi connectivity index (χ0n) is 4.81. The summed E-state index contributed by atoms with van der Waals surface area (Å²) < 4.78 is 0. The van der Waals surface area contributed by atoms with Crippen molar-refractivity contribution < 1.29 is 47.6 Å².